The Morgan fingerprint density at radius 1 is 1.31 bits per heavy atom. The van der Waals surface area contributed by atoms with Gasteiger partial charge in [-0.2, -0.15) is 0 Å². The van der Waals surface area contributed by atoms with Crippen LogP contribution in [0.5, 0.6) is 0 Å². The number of amides is 2. The molecular weight excluding hydrogens is 207 g/mol. The molecular formula is C12H15FN2O. The Bertz CT molecular complexity index is 385. The van der Waals surface area contributed by atoms with Crippen molar-refractivity contribution in [2.24, 2.45) is 0 Å². The van der Waals surface area contributed by atoms with Crippen molar-refractivity contribution >= 4 is 6.03 Å². The van der Waals surface area contributed by atoms with Gasteiger partial charge in [0.1, 0.15) is 5.82 Å². The van der Waals surface area contributed by atoms with E-state index in [4.69, 9.17) is 0 Å². The molecule has 0 spiro atoms. The van der Waals surface area contributed by atoms with Crippen molar-refractivity contribution in [3.05, 3.63) is 35.6 Å². The second-order valence-corrected chi connectivity index (χ2v) is 4.15. The average Bonchev–Trinajstić information content (AvgIpc) is 2.24. The predicted molar refractivity (Wildman–Crippen MR) is 59.5 cm³/mol. The number of rotatable bonds is 2. The van der Waals surface area contributed by atoms with Crippen LogP contribution >= 0.6 is 0 Å². The second-order valence-electron chi connectivity index (χ2n) is 4.15. The van der Waals surface area contributed by atoms with E-state index in [1.54, 1.807) is 19.2 Å². The minimum atomic E-state index is -0.298. The molecule has 1 aromatic rings. The highest BCUT2D eigenvalue weighted by molar-refractivity contribution is 5.74. The summed E-state index contributed by atoms with van der Waals surface area (Å²) < 4.78 is 12.8. The Morgan fingerprint density at radius 2 is 1.94 bits per heavy atom. The third-order valence-corrected chi connectivity index (χ3v) is 3.18. The van der Waals surface area contributed by atoms with Gasteiger partial charge in [0.2, 0.25) is 0 Å². The number of carbonyl (C=O) groups is 1. The molecule has 0 radical (unpaired) electrons. The molecule has 2 N–H and O–H groups in total. The topological polar surface area (TPSA) is 41.1 Å². The lowest BCUT2D eigenvalue weighted by atomic mass is 9.72. The van der Waals surface area contributed by atoms with Crippen LogP contribution in [0.4, 0.5) is 9.18 Å². The quantitative estimate of drug-likeness (QED) is 0.790. The highest BCUT2D eigenvalue weighted by Gasteiger charge is 2.39. The van der Waals surface area contributed by atoms with Gasteiger partial charge in [-0.25, -0.2) is 9.18 Å². The van der Waals surface area contributed by atoms with Gasteiger partial charge >= 0.3 is 6.03 Å². The molecule has 1 aliphatic rings. The molecule has 0 heterocycles. The molecule has 0 unspecified atom stereocenters. The summed E-state index contributed by atoms with van der Waals surface area (Å²) in [5.74, 6) is -0.252. The van der Waals surface area contributed by atoms with E-state index in [1.807, 2.05) is 0 Å². The Kier molecular flexibility index (Phi) is 2.81. The molecule has 1 saturated carbocycles. The van der Waals surface area contributed by atoms with E-state index in [-0.39, 0.29) is 17.4 Å². The summed E-state index contributed by atoms with van der Waals surface area (Å²) in [4.78, 5) is 11.4. The molecule has 0 saturated heterocycles. The van der Waals surface area contributed by atoms with Gasteiger partial charge in [-0.1, -0.05) is 12.1 Å². The molecule has 3 nitrogen and oxygen atoms in total. The molecule has 0 aliphatic heterocycles. The highest BCUT2D eigenvalue weighted by atomic mass is 19.1. The summed E-state index contributed by atoms with van der Waals surface area (Å²) in [6.07, 6.45) is 2.90. The van der Waals surface area contributed by atoms with E-state index < -0.39 is 0 Å². The van der Waals surface area contributed by atoms with Crippen LogP contribution in [0, 0.1) is 5.82 Å². The lowest BCUT2D eigenvalue weighted by Crippen LogP contribution is -2.53. The molecule has 16 heavy (non-hydrogen) atoms. The zero-order valence-electron chi connectivity index (χ0n) is 9.22. The minimum Gasteiger partial charge on any atom is -0.341 e. The van der Waals surface area contributed by atoms with Crippen molar-refractivity contribution in [1.82, 2.24) is 10.6 Å². The summed E-state index contributed by atoms with van der Waals surface area (Å²) in [6, 6.07) is 6.15. The van der Waals surface area contributed by atoms with Crippen LogP contribution in [-0.4, -0.2) is 13.1 Å². The molecule has 0 bridgehead atoms. The summed E-state index contributed by atoms with van der Waals surface area (Å²) in [6.45, 7) is 0. The van der Waals surface area contributed by atoms with Crippen molar-refractivity contribution in [1.29, 1.82) is 0 Å². The maximum atomic E-state index is 12.8. The average molecular weight is 222 g/mol. The first-order valence-electron chi connectivity index (χ1n) is 5.42. The Morgan fingerprint density at radius 3 is 2.38 bits per heavy atom. The summed E-state index contributed by atoms with van der Waals surface area (Å²) in [5, 5.41) is 5.49. The minimum absolute atomic E-state index is 0.191. The lowest BCUT2D eigenvalue weighted by molar-refractivity contribution is 0.178. The van der Waals surface area contributed by atoms with Gasteiger partial charge in [-0.05, 0) is 37.0 Å². The highest BCUT2D eigenvalue weighted by Crippen LogP contribution is 2.41. The van der Waals surface area contributed by atoms with Crippen molar-refractivity contribution in [2.75, 3.05) is 7.05 Å². The van der Waals surface area contributed by atoms with E-state index in [9.17, 15) is 9.18 Å². The molecule has 0 aromatic heterocycles. The van der Waals surface area contributed by atoms with Crippen molar-refractivity contribution in [3.63, 3.8) is 0 Å². The van der Waals surface area contributed by atoms with Gasteiger partial charge in [-0.15, -0.1) is 0 Å². The molecule has 0 atom stereocenters. The van der Waals surface area contributed by atoms with Crippen LogP contribution in [0.25, 0.3) is 0 Å². The smallest absolute Gasteiger partial charge is 0.315 e. The number of halogens is 1. The van der Waals surface area contributed by atoms with Crippen LogP contribution in [0.15, 0.2) is 24.3 Å². The van der Waals surface area contributed by atoms with Gasteiger partial charge in [0.25, 0.3) is 0 Å². The van der Waals surface area contributed by atoms with Crippen molar-refractivity contribution < 1.29 is 9.18 Å². The van der Waals surface area contributed by atoms with Crippen LogP contribution in [0.3, 0.4) is 0 Å². The summed E-state index contributed by atoms with van der Waals surface area (Å²) in [7, 11) is 1.59. The molecule has 1 aliphatic carbocycles. The first kappa shape index (κ1) is 10.9. The first-order valence-corrected chi connectivity index (χ1v) is 5.42. The largest absolute Gasteiger partial charge is 0.341 e. The number of urea groups is 1. The second kappa shape index (κ2) is 4.12. The number of hydrogen-bond acceptors (Lipinski definition) is 1. The zero-order valence-corrected chi connectivity index (χ0v) is 9.22. The van der Waals surface area contributed by atoms with Crippen LogP contribution < -0.4 is 10.6 Å². The third-order valence-electron chi connectivity index (χ3n) is 3.18. The van der Waals surface area contributed by atoms with Crippen LogP contribution in [0.1, 0.15) is 24.8 Å². The van der Waals surface area contributed by atoms with Crippen LogP contribution in [-0.2, 0) is 5.54 Å². The van der Waals surface area contributed by atoms with Gasteiger partial charge in [0, 0.05) is 7.05 Å². The van der Waals surface area contributed by atoms with Gasteiger partial charge in [0.05, 0.1) is 5.54 Å². The van der Waals surface area contributed by atoms with Gasteiger partial charge in [-0.3, -0.25) is 0 Å². The maximum Gasteiger partial charge on any atom is 0.315 e. The Hall–Kier alpha value is -1.58. The van der Waals surface area contributed by atoms with E-state index >= 15 is 0 Å². The molecule has 2 rings (SSSR count). The number of nitrogens with one attached hydrogen (secondary N) is 2. The number of benzene rings is 1. The molecule has 1 aromatic carbocycles. The lowest BCUT2D eigenvalue weighted by Gasteiger charge is -2.42. The van der Waals surface area contributed by atoms with Crippen LogP contribution in [0.2, 0.25) is 0 Å². The maximum absolute atomic E-state index is 12.8. The van der Waals surface area contributed by atoms with Crippen molar-refractivity contribution in [2.45, 2.75) is 24.8 Å². The Labute approximate surface area is 94.0 Å². The van der Waals surface area contributed by atoms with Crippen molar-refractivity contribution in [3.8, 4) is 0 Å². The molecule has 4 heteroatoms. The van der Waals surface area contributed by atoms with E-state index in [0.717, 1.165) is 24.8 Å². The molecule has 86 valence electrons. The number of carbonyl (C=O) groups excluding carboxylic acids is 1. The zero-order chi connectivity index (χ0) is 11.6. The summed E-state index contributed by atoms with van der Waals surface area (Å²) in [5.41, 5.74) is 0.678. The molecule has 1 fully saturated rings. The van der Waals surface area contributed by atoms with Gasteiger partial charge in [0.15, 0.2) is 0 Å². The SMILES string of the molecule is CNC(=O)NC1(c2ccc(F)cc2)CCC1. The van der Waals surface area contributed by atoms with E-state index in [0.29, 0.717) is 0 Å². The van der Waals surface area contributed by atoms with E-state index in [1.165, 1.54) is 12.1 Å². The fraction of sp³-hybridized carbons (Fsp3) is 0.417. The Balaban J connectivity index is 2.21. The van der Waals surface area contributed by atoms with Gasteiger partial charge < -0.3 is 10.6 Å². The normalized spacial score (nSPS) is 17.4. The number of hydrogen-bond donors (Lipinski definition) is 2. The monoisotopic (exact) mass is 222 g/mol. The third kappa shape index (κ3) is 1.87. The summed E-state index contributed by atoms with van der Waals surface area (Å²) >= 11 is 0. The standard InChI is InChI=1S/C12H15FN2O/c1-14-11(16)15-12(7-2-8-12)9-3-5-10(13)6-4-9/h3-6H,2,7-8H2,1H3,(H2,14,15,16). The predicted octanol–water partition coefficient (Wildman–Crippen LogP) is 2.13. The van der Waals surface area contributed by atoms with E-state index in [2.05, 4.69) is 10.6 Å². The fourth-order valence-electron chi connectivity index (χ4n) is 2.06. The first-order chi connectivity index (χ1) is 7.66. The molecule has 2 amide bonds. The fourth-order valence-corrected chi connectivity index (χ4v) is 2.06.